The van der Waals surface area contributed by atoms with E-state index >= 15 is 0 Å². The van der Waals surface area contributed by atoms with Gasteiger partial charge in [-0.3, -0.25) is 24.0 Å². The predicted molar refractivity (Wildman–Crippen MR) is 110 cm³/mol. The highest BCUT2D eigenvalue weighted by atomic mass is 16.4. The average molecular weight is 457 g/mol. The molecule has 1 aliphatic heterocycles. The van der Waals surface area contributed by atoms with Crippen molar-refractivity contribution in [1.29, 1.82) is 0 Å². The predicted octanol–water partition coefficient (Wildman–Crippen LogP) is -2.24. The molecule has 0 bridgehead atoms. The first-order valence-electron chi connectivity index (χ1n) is 10.3. The highest BCUT2D eigenvalue weighted by molar-refractivity contribution is 5.96. The fourth-order valence-electron chi connectivity index (χ4n) is 3.41. The lowest BCUT2D eigenvalue weighted by Gasteiger charge is -2.28. The third-order valence-electron chi connectivity index (χ3n) is 5.37. The molecule has 1 heterocycles. The summed E-state index contributed by atoms with van der Waals surface area (Å²) in [5, 5.41) is 23.1. The minimum absolute atomic E-state index is 0.189. The maximum atomic E-state index is 12.8. The normalized spacial score (nSPS) is 19.3. The first kappa shape index (κ1) is 26.8. The van der Waals surface area contributed by atoms with E-state index < -0.39 is 78.5 Å². The molecule has 4 amide bonds. The first-order valence-corrected chi connectivity index (χ1v) is 10.3. The fraction of sp³-hybridized carbons (Fsp3) is 0.684. The lowest BCUT2D eigenvalue weighted by molar-refractivity contribution is -0.145. The van der Waals surface area contributed by atoms with Crippen LogP contribution in [0.3, 0.4) is 0 Å². The summed E-state index contributed by atoms with van der Waals surface area (Å²) in [5.41, 5.74) is 10.7. The SMILES string of the molecule is CCC(C)C(NC(=O)C(CC(=O)O)NC(=O)C1CCCN1C(=O)C(N)CC(N)=O)C(=O)O. The smallest absolute Gasteiger partial charge is 0.326 e. The summed E-state index contributed by atoms with van der Waals surface area (Å²) in [6.45, 7) is 3.54. The molecular weight excluding hydrogens is 426 g/mol. The van der Waals surface area contributed by atoms with E-state index in [0.29, 0.717) is 12.8 Å². The average Bonchev–Trinajstić information content (AvgIpc) is 3.18. The van der Waals surface area contributed by atoms with Crippen molar-refractivity contribution in [2.45, 2.75) is 70.1 Å². The van der Waals surface area contributed by atoms with Crippen LogP contribution in [-0.4, -0.2) is 81.4 Å². The summed E-state index contributed by atoms with van der Waals surface area (Å²) in [4.78, 5) is 72.8. The number of carbonyl (C=O) groups excluding carboxylic acids is 4. The second-order valence-electron chi connectivity index (χ2n) is 7.84. The number of carboxylic acids is 2. The van der Waals surface area contributed by atoms with Gasteiger partial charge in [-0.15, -0.1) is 0 Å². The van der Waals surface area contributed by atoms with Crippen molar-refractivity contribution in [2.24, 2.45) is 17.4 Å². The zero-order valence-corrected chi connectivity index (χ0v) is 18.1. The summed E-state index contributed by atoms with van der Waals surface area (Å²) in [5.74, 6) is -6.30. The molecule has 0 saturated carbocycles. The number of nitrogens with zero attached hydrogens (tertiary/aromatic N) is 1. The van der Waals surface area contributed by atoms with E-state index in [-0.39, 0.29) is 13.0 Å². The Labute approximate surface area is 184 Å². The van der Waals surface area contributed by atoms with Crippen molar-refractivity contribution < 1.29 is 39.0 Å². The number of likely N-dealkylation sites (tertiary alicyclic amines) is 1. The maximum Gasteiger partial charge on any atom is 0.326 e. The minimum atomic E-state index is -1.55. The molecule has 0 radical (unpaired) electrons. The number of carboxylic acid groups (broad SMARTS) is 2. The van der Waals surface area contributed by atoms with E-state index in [1.807, 2.05) is 0 Å². The molecule has 180 valence electrons. The Balaban J connectivity index is 2.95. The van der Waals surface area contributed by atoms with Crippen LogP contribution < -0.4 is 22.1 Å². The van der Waals surface area contributed by atoms with Crippen LogP contribution in [0.1, 0.15) is 46.0 Å². The monoisotopic (exact) mass is 457 g/mol. The molecule has 1 rings (SSSR count). The highest BCUT2D eigenvalue weighted by Crippen LogP contribution is 2.19. The number of hydrogen-bond donors (Lipinski definition) is 6. The van der Waals surface area contributed by atoms with Gasteiger partial charge >= 0.3 is 11.9 Å². The number of rotatable bonds is 12. The third-order valence-corrected chi connectivity index (χ3v) is 5.37. The van der Waals surface area contributed by atoms with E-state index in [4.69, 9.17) is 16.6 Å². The number of nitrogens with one attached hydrogen (secondary N) is 2. The zero-order chi connectivity index (χ0) is 24.6. The lowest BCUT2D eigenvalue weighted by atomic mass is 9.98. The molecule has 8 N–H and O–H groups in total. The highest BCUT2D eigenvalue weighted by Gasteiger charge is 2.38. The van der Waals surface area contributed by atoms with Crippen LogP contribution >= 0.6 is 0 Å². The van der Waals surface area contributed by atoms with Gasteiger partial charge in [-0.25, -0.2) is 4.79 Å². The second kappa shape index (κ2) is 12.0. The van der Waals surface area contributed by atoms with Gasteiger partial charge in [0, 0.05) is 6.54 Å². The van der Waals surface area contributed by atoms with Gasteiger partial charge in [0.2, 0.25) is 23.6 Å². The molecule has 5 atom stereocenters. The van der Waals surface area contributed by atoms with Crippen molar-refractivity contribution in [3.63, 3.8) is 0 Å². The Hall–Kier alpha value is -3.22. The molecular formula is C19H31N5O8. The molecule has 0 aromatic heterocycles. The summed E-state index contributed by atoms with van der Waals surface area (Å²) >= 11 is 0. The van der Waals surface area contributed by atoms with Crippen LogP contribution in [0.25, 0.3) is 0 Å². The summed E-state index contributed by atoms with van der Waals surface area (Å²) < 4.78 is 0. The van der Waals surface area contributed by atoms with Crippen molar-refractivity contribution in [2.75, 3.05) is 6.54 Å². The van der Waals surface area contributed by atoms with E-state index in [1.54, 1.807) is 13.8 Å². The molecule has 5 unspecified atom stereocenters. The molecule has 32 heavy (non-hydrogen) atoms. The van der Waals surface area contributed by atoms with Gasteiger partial charge in [-0.2, -0.15) is 0 Å². The van der Waals surface area contributed by atoms with Crippen LogP contribution in [0.15, 0.2) is 0 Å². The van der Waals surface area contributed by atoms with Gasteiger partial charge in [0.15, 0.2) is 0 Å². The molecule has 13 heteroatoms. The summed E-state index contributed by atoms with van der Waals surface area (Å²) in [7, 11) is 0. The largest absolute Gasteiger partial charge is 0.481 e. The number of nitrogens with two attached hydrogens (primary N) is 2. The Kier molecular flexibility index (Phi) is 10.0. The van der Waals surface area contributed by atoms with Crippen molar-refractivity contribution in [3.8, 4) is 0 Å². The quantitative estimate of drug-likeness (QED) is 0.186. The number of carbonyl (C=O) groups is 6. The lowest BCUT2D eigenvalue weighted by Crippen LogP contribution is -2.57. The van der Waals surface area contributed by atoms with E-state index in [2.05, 4.69) is 10.6 Å². The molecule has 0 aromatic carbocycles. The number of primary amides is 1. The van der Waals surface area contributed by atoms with Gasteiger partial charge in [-0.05, 0) is 18.8 Å². The molecule has 0 aromatic rings. The maximum absolute atomic E-state index is 12.8. The minimum Gasteiger partial charge on any atom is -0.481 e. The van der Waals surface area contributed by atoms with Crippen LogP contribution in [0.2, 0.25) is 0 Å². The number of amides is 4. The van der Waals surface area contributed by atoms with Crippen LogP contribution in [0, 0.1) is 5.92 Å². The molecule has 1 aliphatic rings. The Morgan fingerprint density at radius 2 is 1.72 bits per heavy atom. The van der Waals surface area contributed by atoms with Crippen LogP contribution in [-0.2, 0) is 28.8 Å². The molecule has 0 spiro atoms. The van der Waals surface area contributed by atoms with Gasteiger partial charge in [0.05, 0.1) is 18.9 Å². The molecule has 1 fully saturated rings. The zero-order valence-electron chi connectivity index (χ0n) is 18.1. The van der Waals surface area contributed by atoms with Gasteiger partial charge < -0.3 is 37.2 Å². The van der Waals surface area contributed by atoms with Crippen molar-refractivity contribution in [1.82, 2.24) is 15.5 Å². The fourth-order valence-corrected chi connectivity index (χ4v) is 3.41. The standard InChI is InChI=1S/C19H31N5O8/c1-3-9(2)15(19(31)32)23-16(28)11(8-14(26)27)22-17(29)12-5-4-6-24(12)18(30)10(20)7-13(21)25/h9-12,15H,3-8,20H2,1-2H3,(H2,21,25)(H,22,29)(H,23,28)(H,26,27)(H,31,32). The third kappa shape index (κ3) is 7.48. The van der Waals surface area contributed by atoms with E-state index in [0.717, 1.165) is 4.90 Å². The van der Waals surface area contributed by atoms with Crippen LogP contribution in [0.5, 0.6) is 0 Å². The van der Waals surface area contributed by atoms with Crippen molar-refractivity contribution >= 4 is 35.6 Å². The number of hydrogen-bond acceptors (Lipinski definition) is 7. The summed E-state index contributed by atoms with van der Waals surface area (Å²) in [6, 6.07) is -5.07. The van der Waals surface area contributed by atoms with Gasteiger partial charge in [0.1, 0.15) is 18.1 Å². The molecule has 13 nitrogen and oxygen atoms in total. The first-order chi connectivity index (χ1) is 14.9. The number of aliphatic carboxylic acids is 2. The van der Waals surface area contributed by atoms with Gasteiger partial charge in [0.25, 0.3) is 0 Å². The Morgan fingerprint density at radius 3 is 2.22 bits per heavy atom. The van der Waals surface area contributed by atoms with Gasteiger partial charge in [-0.1, -0.05) is 20.3 Å². The Bertz CT molecular complexity index is 758. The Morgan fingerprint density at radius 1 is 1.09 bits per heavy atom. The van der Waals surface area contributed by atoms with Crippen molar-refractivity contribution in [3.05, 3.63) is 0 Å². The topological polar surface area (TPSA) is 222 Å². The van der Waals surface area contributed by atoms with Crippen LogP contribution in [0.4, 0.5) is 0 Å². The van der Waals surface area contributed by atoms with E-state index in [1.165, 1.54) is 0 Å². The van der Waals surface area contributed by atoms with E-state index in [9.17, 15) is 33.9 Å². The molecule has 0 aliphatic carbocycles. The second-order valence-corrected chi connectivity index (χ2v) is 7.84. The molecule has 1 saturated heterocycles. The summed E-state index contributed by atoms with van der Waals surface area (Å²) in [6.07, 6.45) is -0.0466.